The molecule has 1 amide bonds. The lowest BCUT2D eigenvalue weighted by atomic mass is 10.1. The monoisotopic (exact) mass is 466 g/mol. The third-order valence-corrected chi connectivity index (χ3v) is 6.26. The number of benzene rings is 3. The highest BCUT2D eigenvalue weighted by molar-refractivity contribution is 7.22. The zero-order chi connectivity index (χ0) is 22.7. The van der Waals surface area contributed by atoms with Crippen LogP contribution in [0.1, 0.15) is 19.4 Å². The van der Waals surface area contributed by atoms with Gasteiger partial charge in [-0.3, -0.25) is 9.69 Å². The van der Waals surface area contributed by atoms with Crippen molar-refractivity contribution in [3.8, 4) is 11.5 Å². The molecule has 0 spiro atoms. The Morgan fingerprint density at radius 1 is 1.03 bits per heavy atom. The number of methoxy groups -OCH3 is 1. The van der Waals surface area contributed by atoms with E-state index < -0.39 is 5.60 Å². The van der Waals surface area contributed by atoms with Crippen molar-refractivity contribution in [1.82, 2.24) is 4.98 Å². The second-order valence-corrected chi connectivity index (χ2v) is 9.22. The first kappa shape index (κ1) is 22.1. The van der Waals surface area contributed by atoms with Crippen LogP contribution in [0.25, 0.3) is 10.2 Å². The number of hydrogen-bond donors (Lipinski definition) is 0. The SMILES string of the molecule is COc1ccc2sc(N(Cc3ccccc3)C(=O)C(C)(C)Oc3ccc(Cl)cc3)nc2c1. The highest BCUT2D eigenvalue weighted by Crippen LogP contribution is 2.34. The number of thiazole rings is 1. The Balaban J connectivity index is 1.69. The summed E-state index contributed by atoms with van der Waals surface area (Å²) >= 11 is 7.44. The molecule has 0 radical (unpaired) electrons. The Hall–Kier alpha value is -3.09. The second-order valence-electron chi connectivity index (χ2n) is 7.77. The van der Waals surface area contributed by atoms with Crippen LogP contribution in [0.2, 0.25) is 5.02 Å². The number of carbonyl (C=O) groups is 1. The van der Waals surface area contributed by atoms with E-state index in [-0.39, 0.29) is 5.91 Å². The molecule has 0 fully saturated rings. The largest absolute Gasteiger partial charge is 0.497 e. The van der Waals surface area contributed by atoms with Gasteiger partial charge in [0.2, 0.25) is 0 Å². The zero-order valence-corrected chi connectivity index (χ0v) is 19.6. The summed E-state index contributed by atoms with van der Waals surface area (Å²) in [6.45, 7) is 3.90. The van der Waals surface area contributed by atoms with E-state index >= 15 is 0 Å². The summed E-state index contributed by atoms with van der Waals surface area (Å²) in [6.07, 6.45) is 0. The van der Waals surface area contributed by atoms with Crippen molar-refractivity contribution < 1.29 is 14.3 Å². The van der Waals surface area contributed by atoms with Gasteiger partial charge < -0.3 is 9.47 Å². The third-order valence-electron chi connectivity index (χ3n) is 4.94. The van der Waals surface area contributed by atoms with E-state index in [1.807, 2.05) is 48.5 Å². The van der Waals surface area contributed by atoms with Gasteiger partial charge in [0, 0.05) is 11.1 Å². The van der Waals surface area contributed by atoms with Crippen LogP contribution in [-0.4, -0.2) is 23.6 Å². The zero-order valence-electron chi connectivity index (χ0n) is 18.0. The van der Waals surface area contributed by atoms with Crippen LogP contribution in [0, 0.1) is 0 Å². The van der Waals surface area contributed by atoms with Crippen LogP contribution in [0.5, 0.6) is 11.5 Å². The van der Waals surface area contributed by atoms with Gasteiger partial charge in [-0.15, -0.1) is 0 Å². The van der Waals surface area contributed by atoms with Gasteiger partial charge in [-0.05, 0) is 55.8 Å². The Bertz CT molecular complexity index is 1220. The Labute approximate surface area is 196 Å². The summed E-state index contributed by atoms with van der Waals surface area (Å²) in [7, 11) is 1.62. The van der Waals surface area contributed by atoms with Gasteiger partial charge in [-0.2, -0.15) is 0 Å². The molecule has 164 valence electrons. The standard InChI is InChI=1S/C25H23ClN2O3S/c1-25(2,31-19-11-9-18(26)10-12-19)23(29)28(16-17-7-5-4-6-8-17)24-27-21-15-20(30-3)13-14-22(21)32-24/h4-15H,16H2,1-3H3. The predicted octanol–water partition coefficient (Wildman–Crippen LogP) is 6.35. The van der Waals surface area contributed by atoms with Crippen molar-refractivity contribution in [2.24, 2.45) is 0 Å². The van der Waals surface area contributed by atoms with Gasteiger partial charge in [0.05, 0.1) is 23.9 Å². The molecule has 0 aliphatic rings. The summed E-state index contributed by atoms with van der Waals surface area (Å²) in [4.78, 5) is 20.2. The number of rotatable bonds is 7. The van der Waals surface area contributed by atoms with Crippen LogP contribution in [0.3, 0.4) is 0 Å². The van der Waals surface area contributed by atoms with Crippen molar-refractivity contribution in [2.45, 2.75) is 26.0 Å². The van der Waals surface area contributed by atoms with Gasteiger partial charge in [-0.1, -0.05) is 53.3 Å². The van der Waals surface area contributed by atoms with Crippen LogP contribution in [-0.2, 0) is 11.3 Å². The van der Waals surface area contributed by atoms with E-state index in [2.05, 4.69) is 0 Å². The normalized spacial score (nSPS) is 11.4. The van der Waals surface area contributed by atoms with Crippen molar-refractivity contribution in [3.05, 3.63) is 83.4 Å². The minimum atomic E-state index is -1.13. The second kappa shape index (κ2) is 9.18. The first-order valence-corrected chi connectivity index (χ1v) is 11.3. The summed E-state index contributed by atoms with van der Waals surface area (Å²) in [5.74, 6) is 1.10. The maximum Gasteiger partial charge on any atom is 0.272 e. The fraction of sp³-hybridized carbons (Fsp3) is 0.200. The van der Waals surface area contributed by atoms with E-state index in [1.165, 1.54) is 11.3 Å². The van der Waals surface area contributed by atoms with Crippen molar-refractivity contribution in [1.29, 1.82) is 0 Å². The topological polar surface area (TPSA) is 51.7 Å². The summed E-state index contributed by atoms with van der Waals surface area (Å²) in [6, 6.07) is 22.5. The molecule has 0 saturated heterocycles. The van der Waals surface area contributed by atoms with Crippen molar-refractivity contribution in [3.63, 3.8) is 0 Å². The molecule has 3 aromatic carbocycles. The summed E-state index contributed by atoms with van der Waals surface area (Å²) in [5, 5.41) is 1.21. The number of ether oxygens (including phenoxy) is 2. The molecule has 7 heteroatoms. The van der Waals surface area contributed by atoms with E-state index in [4.69, 9.17) is 26.1 Å². The van der Waals surface area contributed by atoms with Crippen LogP contribution in [0.4, 0.5) is 5.13 Å². The Morgan fingerprint density at radius 3 is 2.41 bits per heavy atom. The minimum absolute atomic E-state index is 0.192. The lowest BCUT2D eigenvalue weighted by Crippen LogP contribution is -2.48. The molecule has 0 unspecified atom stereocenters. The molecule has 0 atom stereocenters. The fourth-order valence-corrected chi connectivity index (χ4v) is 4.37. The number of carbonyl (C=O) groups excluding carboxylic acids is 1. The van der Waals surface area contributed by atoms with Gasteiger partial charge in [0.15, 0.2) is 10.7 Å². The van der Waals surface area contributed by atoms with Crippen LogP contribution < -0.4 is 14.4 Å². The van der Waals surface area contributed by atoms with Gasteiger partial charge in [0.1, 0.15) is 11.5 Å². The lowest BCUT2D eigenvalue weighted by molar-refractivity contribution is -0.131. The molecule has 0 aliphatic heterocycles. The predicted molar refractivity (Wildman–Crippen MR) is 130 cm³/mol. The maximum absolute atomic E-state index is 13.8. The molecule has 1 heterocycles. The molecular weight excluding hydrogens is 444 g/mol. The van der Waals surface area contributed by atoms with E-state index in [0.717, 1.165) is 21.5 Å². The number of nitrogens with zero attached hydrogens (tertiary/aromatic N) is 2. The maximum atomic E-state index is 13.8. The highest BCUT2D eigenvalue weighted by Gasteiger charge is 2.36. The van der Waals surface area contributed by atoms with Crippen molar-refractivity contribution in [2.75, 3.05) is 12.0 Å². The van der Waals surface area contributed by atoms with E-state index in [0.29, 0.717) is 22.4 Å². The molecule has 4 aromatic rings. The first-order chi connectivity index (χ1) is 15.4. The van der Waals surface area contributed by atoms with Gasteiger partial charge in [0.25, 0.3) is 5.91 Å². The van der Waals surface area contributed by atoms with Crippen LogP contribution >= 0.6 is 22.9 Å². The average molecular weight is 467 g/mol. The first-order valence-electron chi connectivity index (χ1n) is 10.1. The van der Waals surface area contributed by atoms with Crippen molar-refractivity contribution >= 4 is 44.2 Å². The Kier molecular flexibility index (Phi) is 6.35. The molecule has 0 aliphatic carbocycles. The number of anilines is 1. The summed E-state index contributed by atoms with van der Waals surface area (Å²) in [5.41, 5.74) is 0.657. The number of fused-ring (bicyclic) bond motifs is 1. The molecule has 32 heavy (non-hydrogen) atoms. The fourth-order valence-electron chi connectivity index (χ4n) is 3.30. The minimum Gasteiger partial charge on any atom is -0.497 e. The molecule has 5 nitrogen and oxygen atoms in total. The lowest BCUT2D eigenvalue weighted by Gasteiger charge is -2.31. The molecule has 1 aromatic heterocycles. The molecule has 0 saturated carbocycles. The number of halogens is 1. The molecule has 4 rings (SSSR count). The molecule has 0 bridgehead atoms. The van der Waals surface area contributed by atoms with Gasteiger partial charge >= 0.3 is 0 Å². The van der Waals surface area contributed by atoms with Crippen LogP contribution in [0.15, 0.2) is 72.8 Å². The number of amides is 1. The van der Waals surface area contributed by atoms with Gasteiger partial charge in [-0.25, -0.2) is 4.98 Å². The number of aromatic nitrogens is 1. The third kappa shape index (κ3) is 4.87. The summed E-state index contributed by atoms with van der Waals surface area (Å²) < 4.78 is 12.4. The van der Waals surface area contributed by atoms with E-state index in [9.17, 15) is 4.79 Å². The number of hydrogen-bond acceptors (Lipinski definition) is 5. The highest BCUT2D eigenvalue weighted by atomic mass is 35.5. The molecular formula is C25H23ClN2O3S. The van der Waals surface area contributed by atoms with E-state index in [1.54, 1.807) is 50.1 Å². The molecule has 0 N–H and O–H groups in total. The quantitative estimate of drug-likeness (QED) is 0.318. The average Bonchev–Trinajstić information content (AvgIpc) is 3.22. The smallest absolute Gasteiger partial charge is 0.272 e. The Morgan fingerprint density at radius 2 is 1.72 bits per heavy atom.